The number of aromatic amines is 1. The third-order valence-electron chi connectivity index (χ3n) is 3.23. The summed E-state index contributed by atoms with van der Waals surface area (Å²) in [5, 5.41) is 3.92. The molecule has 2 aromatic carbocycles. The zero-order valence-electron chi connectivity index (χ0n) is 10.7. The lowest BCUT2D eigenvalue weighted by molar-refractivity contribution is 0.0952. The molecule has 0 fully saturated rings. The SMILES string of the molecule is O=C(NCc1cc[nH]c1)c1ccc(F)c2ccccc12. The maximum Gasteiger partial charge on any atom is 0.252 e. The van der Waals surface area contributed by atoms with Crippen molar-refractivity contribution in [3.8, 4) is 0 Å². The van der Waals surface area contributed by atoms with Crippen LogP contribution in [0, 0.1) is 5.82 Å². The van der Waals surface area contributed by atoms with Crippen molar-refractivity contribution in [1.82, 2.24) is 10.3 Å². The monoisotopic (exact) mass is 268 g/mol. The second-order valence-corrected chi connectivity index (χ2v) is 4.54. The number of fused-ring (bicyclic) bond motifs is 1. The van der Waals surface area contributed by atoms with Gasteiger partial charge in [0.15, 0.2) is 0 Å². The van der Waals surface area contributed by atoms with Crippen molar-refractivity contribution in [3.05, 3.63) is 71.8 Å². The van der Waals surface area contributed by atoms with E-state index in [0.717, 1.165) is 5.56 Å². The van der Waals surface area contributed by atoms with E-state index in [2.05, 4.69) is 10.3 Å². The molecule has 0 aliphatic rings. The van der Waals surface area contributed by atoms with Gasteiger partial charge in [0.05, 0.1) is 0 Å². The summed E-state index contributed by atoms with van der Waals surface area (Å²) in [4.78, 5) is 15.2. The van der Waals surface area contributed by atoms with Crippen LogP contribution >= 0.6 is 0 Å². The fraction of sp³-hybridized carbons (Fsp3) is 0.0625. The van der Waals surface area contributed by atoms with Crippen molar-refractivity contribution < 1.29 is 9.18 Å². The Hall–Kier alpha value is -2.62. The van der Waals surface area contributed by atoms with Crippen LogP contribution in [-0.2, 0) is 6.54 Å². The van der Waals surface area contributed by atoms with Gasteiger partial charge in [-0.05, 0) is 29.1 Å². The summed E-state index contributed by atoms with van der Waals surface area (Å²) < 4.78 is 13.7. The first-order valence-corrected chi connectivity index (χ1v) is 6.33. The second-order valence-electron chi connectivity index (χ2n) is 4.54. The third kappa shape index (κ3) is 2.28. The van der Waals surface area contributed by atoms with E-state index in [1.54, 1.807) is 30.5 Å². The molecule has 0 radical (unpaired) electrons. The lowest BCUT2D eigenvalue weighted by Gasteiger charge is -2.08. The molecule has 1 amide bonds. The van der Waals surface area contributed by atoms with Crippen molar-refractivity contribution in [2.45, 2.75) is 6.54 Å². The zero-order valence-corrected chi connectivity index (χ0v) is 10.7. The Morgan fingerprint density at radius 1 is 1.10 bits per heavy atom. The van der Waals surface area contributed by atoms with Crippen LogP contribution in [0.15, 0.2) is 54.9 Å². The van der Waals surface area contributed by atoms with Crippen molar-refractivity contribution in [2.75, 3.05) is 0 Å². The first kappa shape index (κ1) is 12.4. The lowest BCUT2D eigenvalue weighted by atomic mass is 10.0. The first-order valence-electron chi connectivity index (χ1n) is 6.33. The zero-order chi connectivity index (χ0) is 13.9. The normalized spacial score (nSPS) is 10.7. The lowest BCUT2D eigenvalue weighted by Crippen LogP contribution is -2.22. The molecule has 0 aliphatic heterocycles. The van der Waals surface area contributed by atoms with Crippen LogP contribution in [0.25, 0.3) is 10.8 Å². The highest BCUT2D eigenvalue weighted by atomic mass is 19.1. The number of benzene rings is 2. The number of nitrogens with one attached hydrogen (secondary N) is 2. The number of rotatable bonds is 3. The summed E-state index contributed by atoms with van der Waals surface area (Å²) in [6.07, 6.45) is 3.62. The molecule has 1 heterocycles. The molecular weight excluding hydrogens is 255 g/mol. The fourth-order valence-corrected chi connectivity index (χ4v) is 2.21. The number of H-pyrrole nitrogens is 1. The molecule has 0 saturated carbocycles. The number of hydrogen-bond donors (Lipinski definition) is 2. The highest BCUT2D eigenvalue weighted by molar-refractivity contribution is 6.07. The Kier molecular flexibility index (Phi) is 3.21. The van der Waals surface area contributed by atoms with E-state index in [1.807, 2.05) is 12.3 Å². The first-order chi connectivity index (χ1) is 9.75. The molecule has 0 aliphatic carbocycles. The number of amides is 1. The van der Waals surface area contributed by atoms with Crippen LogP contribution in [0.3, 0.4) is 0 Å². The molecule has 0 unspecified atom stereocenters. The highest BCUT2D eigenvalue weighted by Crippen LogP contribution is 2.21. The molecule has 3 rings (SSSR count). The maximum absolute atomic E-state index is 13.7. The molecule has 3 nitrogen and oxygen atoms in total. The largest absolute Gasteiger partial charge is 0.367 e. The van der Waals surface area contributed by atoms with Gasteiger partial charge in [0.1, 0.15) is 5.82 Å². The van der Waals surface area contributed by atoms with E-state index in [9.17, 15) is 9.18 Å². The Morgan fingerprint density at radius 3 is 2.65 bits per heavy atom. The fourth-order valence-electron chi connectivity index (χ4n) is 2.21. The van der Waals surface area contributed by atoms with Gasteiger partial charge in [0, 0.05) is 29.9 Å². The van der Waals surface area contributed by atoms with Crippen LogP contribution in [0.4, 0.5) is 4.39 Å². The Balaban J connectivity index is 1.90. The van der Waals surface area contributed by atoms with Crippen LogP contribution in [0.2, 0.25) is 0 Å². The summed E-state index contributed by atoms with van der Waals surface area (Å²) >= 11 is 0. The molecule has 4 heteroatoms. The van der Waals surface area contributed by atoms with E-state index in [0.29, 0.717) is 22.9 Å². The average Bonchev–Trinajstić information content (AvgIpc) is 2.99. The standard InChI is InChI=1S/C16H13FN2O/c17-15-6-5-14(12-3-1-2-4-13(12)15)16(20)19-10-11-7-8-18-9-11/h1-9,18H,10H2,(H,19,20). The predicted octanol–water partition coefficient (Wildman–Crippen LogP) is 3.24. The van der Waals surface area contributed by atoms with Gasteiger partial charge in [-0.3, -0.25) is 4.79 Å². The maximum atomic E-state index is 13.7. The Labute approximate surface area is 115 Å². The van der Waals surface area contributed by atoms with Crippen molar-refractivity contribution in [1.29, 1.82) is 0 Å². The molecule has 0 spiro atoms. The van der Waals surface area contributed by atoms with Gasteiger partial charge in [0.2, 0.25) is 0 Å². The van der Waals surface area contributed by atoms with Crippen molar-refractivity contribution >= 4 is 16.7 Å². The van der Waals surface area contributed by atoms with Crippen LogP contribution < -0.4 is 5.32 Å². The molecule has 2 N–H and O–H groups in total. The van der Waals surface area contributed by atoms with Gasteiger partial charge in [0.25, 0.3) is 5.91 Å². The minimum atomic E-state index is -0.317. The van der Waals surface area contributed by atoms with Crippen LogP contribution in [-0.4, -0.2) is 10.9 Å². The number of aromatic nitrogens is 1. The summed E-state index contributed by atoms with van der Waals surface area (Å²) in [6, 6.07) is 11.7. The van der Waals surface area contributed by atoms with E-state index in [-0.39, 0.29) is 11.7 Å². The Morgan fingerprint density at radius 2 is 1.90 bits per heavy atom. The molecule has 1 aromatic heterocycles. The smallest absolute Gasteiger partial charge is 0.252 e. The second kappa shape index (κ2) is 5.17. The molecule has 100 valence electrons. The van der Waals surface area contributed by atoms with Crippen molar-refractivity contribution in [2.24, 2.45) is 0 Å². The van der Waals surface area contributed by atoms with Gasteiger partial charge < -0.3 is 10.3 Å². The minimum Gasteiger partial charge on any atom is -0.367 e. The number of hydrogen-bond acceptors (Lipinski definition) is 1. The number of halogens is 1. The van der Waals surface area contributed by atoms with Crippen LogP contribution in [0.5, 0.6) is 0 Å². The number of carbonyl (C=O) groups is 1. The number of carbonyl (C=O) groups excluding carboxylic acids is 1. The molecule has 0 atom stereocenters. The molecule has 3 aromatic rings. The van der Waals surface area contributed by atoms with E-state index >= 15 is 0 Å². The average molecular weight is 268 g/mol. The summed E-state index contributed by atoms with van der Waals surface area (Å²) in [5.41, 5.74) is 1.47. The highest BCUT2D eigenvalue weighted by Gasteiger charge is 2.11. The minimum absolute atomic E-state index is 0.206. The summed E-state index contributed by atoms with van der Waals surface area (Å²) in [6.45, 7) is 0.439. The van der Waals surface area contributed by atoms with E-state index in [1.165, 1.54) is 12.1 Å². The topological polar surface area (TPSA) is 44.9 Å². The quantitative estimate of drug-likeness (QED) is 0.752. The van der Waals surface area contributed by atoms with Crippen LogP contribution in [0.1, 0.15) is 15.9 Å². The van der Waals surface area contributed by atoms with Gasteiger partial charge >= 0.3 is 0 Å². The third-order valence-corrected chi connectivity index (χ3v) is 3.23. The van der Waals surface area contributed by atoms with Gasteiger partial charge in [-0.25, -0.2) is 4.39 Å². The Bertz CT molecular complexity index is 750. The van der Waals surface area contributed by atoms with E-state index in [4.69, 9.17) is 0 Å². The molecule has 0 saturated heterocycles. The van der Waals surface area contributed by atoms with Gasteiger partial charge in [-0.2, -0.15) is 0 Å². The molecule has 20 heavy (non-hydrogen) atoms. The predicted molar refractivity (Wildman–Crippen MR) is 75.9 cm³/mol. The van der Waals surface area contributed by atoms with E-state index < -0.39 is 0 Å². The summed E-state index contributed by atoms with van der Waals surface area (Å²) in [7, 11) is 0. The van der Waals surface area contributed by atoms with Gasteiger partial charge in [-0.15, -0.1) is 0 Å². The molecule has 0 bridgehead atoms. The van der Waals surface area contributed by atoms with Crippen molar-refractivity contribution in [3.63, 3.8) is 0 Å². The van der Waals surface area contributed by atoms with Gasteiger partial charge in [-0.1, -0.05) is 24.3 Å². The molecular formula is C16H13FN2O. The summed E-state index contributed by atoms with van der Waals surface area (Å²) in [5.74, 6) is -0.523.